The summed E-state index contributed by atoms with van der Waals surface area (Å²) in [5, 5.41) is 12.0. The van der Waals surface area contributed by atoms with Crippen LogP contribution in [0.1, 0.15) is 12.8 Å². The summed E-state index contributed by atoms with van der Waals surface area (Å²) in [7, 11) is 1.21. The van der Waals surface area contributed by atoms with Crippen LogP contribution in [0.5, 0.6) is 0 Å². The van der Waals surface area contributed by atoms with E-state index in [-0.39, 0.29) is 5.71 Å². The van der Waals surface area contributed by atoms with Gasteiger partial charge in [-0.3, -0.25) is 0 Å². The van der Waals surface area contributed by atoms with Gasteiger partial charge in [-0.05, 0) is 12.8 Å². The maximum Gasteiger partial charge on any atom is 0.369 e. The van der Waals surface area contributed by atoms with Crippen LogP contribution in [0.25, 0.3) is 0 Å². The third-order valence-corrected chi connectivity index (χ3v) is 1.42. The molecule has 5 nitrogen and oxygen atoms in total. The number of hydrazone groups is 1. The molecule has 1 fully saturated rings. The molecule has 0 heterocycles. The lowest BCUT2D eigenvalue weighted by molar-refractivity contribution is -0.132. The minimum atomic E-state index is -0.703. The smallest absolute Gasteiger partial charge is 0.369 e. The maximum absolute atomic E-state index is 10.8. The number of nitrogens with one attached hydrogen (secondary N) is 1. The molecule has 12 heavy (non-hydrogen) atoms. The zero-order chi connectivity index (χ0) is 8.97. The van der Waals surface area contributed by atoms with Crippen molar-refractivity contribution < 1.29 is 9.53 Å². The van der Waals surface area contributed by atoms with E-state index < -0.39 is 5.97 Å². The molecule has 0 aromatic rings. The summed E-state index contributed by atoms with van der Waals surface area (Å²) in [5.41, 5.74) is 2.46. The minimum Gasteiger partial charge on any atom is -0.464 e. The lowest BCUT2D eigenvalue weighted by Gasteiger charge is -1.96. The Kier molecular flexibility index (Phi) is 2.64. The van der Waals surface area contributed by atoms with Crippen molar-refractivity contribution in [1.29, 1.82) is 5.26 Å². The minimum absolute atomic E-state index is 0.232. The molecule has 1 aliphatic carbocycles. The van der Waals surface area contributed by atoms with E-state index in [0.29, 0.717) is 6.04 Å². The fourth-order valence-electron chi connectivity index (χ4n) is 0.581. The number of rotatable bonds is 3. The van der Waals surface area contributed by atoms with Gasteiger partial charge in [-0.25, -0.2) is 4.79 Å². The van der Waals surface area contributed by atoms with Gasteiger partial charge in [0.05, 0.1) is 7.11 Å². The highest BCUT2D eigenvalue weighted by Gasteiger charge is 2.21. The molecule has 0 spiro atoms. The van der Waals surface area contributed by atoms with E-state index in [9.17, 15) is 4.79 Å². The predicted molar refractivity (Wildman–Crippen MR) is 41.2 cm³/mol. The van der Waals surface area contributed by atoms with Crippen LogP contribution >= 0.6 is 0 Å². The van der Waals surface area contributed by atoms with Crippen LogP contribution in [0.2, 0.25) is 0 Å². The first-order valence-electron chi connectivity index (χ1n) is 3.59. The first kappa shape index (κ1) is 8.53. The zero-order valence-corrected chi connectivity index (χ0v) is 6.70. The number of nitrogens with zero attached hydrogens (tertiary/aromatic N) is 2. The van der Waals surface area contributed by atoms with Gasteiger partial charge in [0.2, 0.25) is 5.71 Å². The van der Waals surface area contributed by atoms with Gasteiger partial charge in [0.25, 0.3) is 0 Å². The molecular weight excluding hydrogens is 158 g/mol. The topological polar surface area (TPSA) is 74.5 Å². The van der Waals surface area contributed by atoms with Crippen LogP contribution in [-0.4, -0.2) is 24.8 Å². The van der Waals surface area contributed by atoms with E-state index in [1.807, 2.05) is 0 Å². The Hall–Kier alpha value is -1.57. The van der Waals surface area contributed by atoms with Crippen LogP contribution in [0.15, 0.2) is 5.10 Å². The molecule has 0 aromatic carbocycles. The highest BCUT2D eigenvalue weighted by atomic mass is 16.5. The summed E-state index contributed by atoms with van der Waals surface area (Å²) in [6, 6.07) is 1.98. The number of hydrogen-bond acceptors (Lipinski definition) is 5. The molecule has 1 aliphatic rings. The van der Waals surface area contributed by atoms with Gasteiger partial charge in [-0.15, -0.1) is 0 Å². The monoisotopic (exact) mass is 167 g/mol. The SMILES string of the molecule is COC(=O)C(C#N)=NNC1CC1. The molecule has 0 aliphatic heterocycles. The highest BCUT2D eigenvalue weighted by molar-refractivity contribution is 6.42. The molecule has 0 radical (unpaired) electrons. The number of methoxy groups -OCH3 is 1. The van der Waals surface area contributed by atoms with Crippen LogP contribution in [-0.2, 0) is 9.53 Å². The van der Waals surface area contributed by atoms with E-state index in [4.69, 9.17) is 5.26 Å². The summed E-state index contributed by atoms with van der Waals surface area (Å²) in [6.07, 6.45) is 2.09. The van der Waals surface area contributed by atoms with Gasteiger partial charge < -0.3 is 10.2 Å². The van der Waals surface area contributed by atoms with E-state index in [1.165, 1.54) is 7.11 Å². The van der Waals surface area contributed by atoms with Crippen molar-refractivity contribution in [2.24, 2.45) is 5.10 Å². The van der Waals surface area contributed by atoms with Crippen LogP contribution in [0, 0.1) is 11.3 Å². The third kappa shape index (κ3) is 2.23. The quantitative estimate of drug-likeness (QED) is 0.358. The fraction of sp³-hybridized carbons (Fsp3) is 0.571. The molecule has 5 heteroatoms. The summed E-state index contributed by atoms with van der Waals surface area (Å²) >= 11 is 0. The first-order valence-corrected chi connectivity index (χ1v) is 3.59. The van der Waals surface area contributed by atoms with E-state index >= 15 is 0 Å². The first-order chi connectivity index (χ1) is 5.77. The average molecular weight is 167 g/mol. The van der Waals surface area contributed by atoms with E-state index in [0.717, 1.165) is 12.8 Å². The van der Waals surface area contributed by atoms with E-state index in [1.54, 1.807) is 6.07 Å². The van der Waals surface area contributed by atoms with Crippen LogP contribution in [0.4, 0.5) is 0 Å². The molecule has 1 N–H and O–H groups in total. The summed E-state index contributed by atoms with van der Waals surface area (Å²) < 4.78 is 4.32. The standard InChI is InChI=1S/C7H9N3O2/c1-12-7(11)6(4-8)10-9-5-2-3-5/h5,9H,2-3H2,1H3. The fourth-order valence-corrected chi connectivity index (χ4v) is 0.581. The largest absolute Gasteiger partial charge is 0.464 e. The Morgan fingerprint density at radius 3 is 2.83 bits per heavy atom. The van der Waals surface area contributed by atoms with Gasteiger partial charge in [-0.1, -0.05) is 0 Å². The average Bonchev–Trinajstić information content (AvgIpc) is 2.88. The molecule has 0 saturated heterocycles. The summed E-state index contributed by atoms with van der Waals surface area (Å²) in [5.74, 6) is -0.703. The number of carbonyl (C=O) groups is 1. The van der Waals surface area contributed by atoms with Crippen molar-refractivity contribution in [2.45, 2.75) is 18.9 Å². The molecule has 0 bridgehead atoms. The number of ether oxygens (including phenoxy) is 1. The number of nitriles is 1. The van der Waals surface area contributed by atoms with Gasteiger partial charge in [0.15, 0.2) is 0 Å². The molecule has 0 amide bonds. The van der Waals surface area contributed by atoms with Crippen molar-refractivity contribution in [2.75, 3.05) is 7.11 Å². The molecule has 1 rings (SSSR count). The van der Waals surface area contributed by atoms with Crippen molar-refractivity contribution >= 4 is 11.7 Å². The molecule has 64 valence electrons. The molecule has 0 unspecified atom stereocenters. The van der Waals surface area contributed by atoms with Crippen LogP contribution in [0.3, 0.4) is 0 Å². The van der Waals surface area contributed by atoms with Gasteiger partial charge in [0, 0.05) is 6.04 Å². The Morgan fingerprint density at radius 2 is 2.42 bits per heavy atom. The van der Waals surface area contributed by atoms with Crippen molar-refractivity contribution in [3.05, 3.63) is 0 Å². The van der Waals surface area contributed by atoms with Gasteiger partial charge in [-0.2, -0.15) is 10.4 Å². The second kappa shape index (κ2) is 3.72. The zero-order valence-electron chi connectivity index (χ0n) is 6.70. The Bertz CT molecular complexity index is 250. The second-order valence-electron chi connectivity index (χ2n) is 2.47. The highest BCUT2D eigenvalue weighted by Crippen LogP contribution is 2.18. The summed E-state index contributed by atoms with van der Waals surface area (Å²) in [4.78, 5) is 10.8. The molecule has 0 atom stereocenters. The molecule has 0 aromatic heterocycles. The lowest BCUT2D eigenvalue weighted by Crippen LogP contribution is -2.19. The van der Waals surface area contributed by atoms with Crippen LogP contribution < -0.4 is 5.43 Å². The molecule has 1 saturated carbocycles. The number of hydrogen-bond donors (Lipinski definition) is 1. The predicted octanol–water partition coefficient (Wildman–Crippen LogP) is -0.209. The van der Waals surface area contributed by atoms with Crippen molar-refractivity contribution in [3.8, 4) is 6.07 Å². The Labute approximate surface area is 70.0 Å². The Balaban J connectivity index is 2.47. The normalized spacial score (nSPS) is 16.5. The van der Waals surface area contributed by atoms with Crippen molar-refractivity contribution in [1.82, 2.24) is 5.43 Å². The molecular formula is C7H9N3O2. The van der Waals surface area contributed by atoms with Crippen molar-refractivity contribution in [3.63, 3.8) is 0 Å². The van der Waals surface area contributed by atoms with Gasteiger partial charge >= 0.3 is 5.97 Å². The summed E-state index contributed by atoms with van der Waals surface area (Å²) in [6.45, 7) is 0. The third-order valence-electron chi connectivity index (χ3n) is 1.42. The number of esters is 1. The van der Waals surface area contributed by atoms with E-state index in [2.05, 4.69) is 15.3 Å². The van der Waals surface area contributed by atoms with Gasteiger partial charge in [0.1, 0.15) is 6.07 Å². The Morgan fingerprint density at radius 1 is 1.75 bits per heavy atom. The lowest BCUT2D eigenvalue weighted by atomic mass is 10.4. The number of carbonyl (C=O) groups excluding carboxylic acids is 1. The second-order valence-corrected chi connectivity index (χ2v) is 2.47. The maximum atomic E-state index is 10.8.